The number of fused-ring (bicyclic) bond motifs is 1. The number of imidazole rings is 1. The number of anilines is 1. The van der Waals surface area contributed by atoms with E-state index in [1.807, 2.05) is 13.8 Å². The molecule has 192 valence electrons. The predicted molar refractivity (Wildman–Crippen MR) is 122 cm³/mol. The van der Waals surface area contributed by atoms with Crippen molar-refractivity contribution in [2.45, 2.75) is 51.1 Å². The van der Waals surface area contributed by atoms with Gasteiger partial charge in [0, 0.05) is 24.6 Å². The molecule has 2 N–H and O–H groups in total. The molecule has 1 aliphatic rings. The molecule has 4 rings (SSSR count). The molecule has 1 saturated heterocycles. The number of aromatic nitrogens is 3. The van der Waals surface area contributed by atoms with Gasteiger partial charge < -0.3 is 20.1 Å². The van der Waals surface area contributed by atoms with E-state index in [-0.39, 0.29) is 48.5 Å². The zero-order valence-electron chi connectivity index (χ0n) is 18.9. The Morgan fingerprint density at radius 3 is 2.69 bits per heavy atom. The molecule has 2 aromatic heterocycles. The van der Waals surface area contributed by atoms with Crippen LogP contribution in [0.4, 0.5) is 27.6 Å². The highest BCUT2D eigenvalue weighted by Crippen LogP contribution is 2.31. The molecule has 1 aliphatic heterocycles. The minimum Gasteiger partial charge on any atom is -0.467 e. The number of alkyl halides is 5. The van der Waals surface area contributed by atoms with E-state index in [9.17, 15) is 22.0 Å². The average molecular weight is 522 g/mol. The molecule has 1 atom stereocenters. The van der Waals surface area contributed by atoms with E-state index in [0.29, 0.717) is 17.9 Å². The molecule has 7 nitrogen and oxygen atoms in total. The van der Waals surface area contributed by atoms with Gasteiger partial charge in [0.05, 0.1) is 24.1 Å². The topological polar surface area (TPSA) is 72.7 Å². The van der Waals surface area contributed by atoms with Crippen LogP contribution in [0.5, 0.6) is 11.6 Å². The summed E-state index contributed by atoms with van der Waals surface area (Å²) in [6.07, 6.45) is -4.49. The van der Waals surface area contributed by atoms with Crippen molar-refractivity contribution in [1.82, 2.24) is 19.9 Å². The molecule has 3 aromatic rings. The number of nitrogens with zero attached hydrogens (tertiary/aromatic N) is 3. The van der Waals surface area contributed by atoms with Gasteiger partial charge in [-0.1, -0.05) is 32.0 Å². The van der Waals surface area contributed by atoms with Crippen molar-refractivity contribution in [3.8, 4) is 11.6 Å². The minimum absolute atomic E-state index is 0. The summed E-state index contributed by atoms with van der Waals surface area (Å²) in [6, 6.07) is 7.15. The largest absolute Gasteiger partial charge is 0.573 e. The first-order chi connectivity index (χ1) is 16.0. The third kappa shape index (κ3) is 6.23. The lowest BCUT2D eigenvalue weighted by molar-refractivity contribution is -0.274. The van der Waals surface area contributed by atoms with Crippen LogP contribution in [0.25, 0.3) is 5.65 Å². The molecule has 1 unspecified atom stereocenters. The summed E-state index contributed by atoms with van der Waals surface area (Å²) in [6.45, 7) is 3.70. The van der Waals surface area contributed by atoms with Crippen LogP contribution >= 0.6 is 12.4 Å². The first-order valence-corrected chi connectivity index (χ1v) is 10.7. The zero-order valence-corrected chi connectivity index (χ0v) is 19.7. The molecule has 0 amide bonds. The number of nitrogens with one attached hydrogen (secondary N) is 2. The Morgan fingerprint density at radius 2 is 2.00 bits per heavy atom. The number of hydrogen-bond acceptors (Lipinski definition) is 6. The number of benzene rings is 1. The second-order valence-electron chi connectivity index (χ2n) is 8.31. The van der Waals surface area contributed by atoms with Crippen molar-refractivity contribution in [2.24, 2.45) is 0 Å². The molecule has 0 spiro atoms. The van der Waals surface area contributed by atoms with Gasteiger partial charge in [0.2, 0.25) is 5.88 Å². The van der Waals surface area contributed by atoms with Crippen molar-refractivity contribution in [2.75, 3.05) is 18.4 Å². The molecule has 35 heavy (non-hydrogen) atoms. The fourth-order valence-corrected chi connectivity index (χ4v) is 3.71. The summed E-state index contributed by atoms with van der Waals surface area (Å²) in [5, 5.41) is 10.0. The Hall–Kier alpha value is -2.86. The summed E-state index contributed by atoms with van der Waals surface area (Å²) >= 11 is 0. The standard InChI is InChI=1S/C22H24F5N5O2.ClH/c1-13(2)16-11-30-20-15(29-10-14-5-3-4-6-17(14)34-22(25,26)27)9-19(31-32(16)20)33-18-7-8-28-12-21(18,23)24;/h3-6,9,11,13,18,28-29H,7-8,10,12H2,1-2H3;1H. The van der Waals surface area contributed by atoms with Crippen LogP contribution in [0.2, 0.25) is 0 Å². The fraction of sp³-hybridized carbons (Fsp3) is 0.455. The van der Waals surface area contributed by atoms with Crippen molar-refractivity contribution in [3.63, 3.8) is 0 Å². The number of ether oxygens (including phenoxy) is 2. The number of piperidine rings is 1. The highest BCUT2D eigenvalue weighted by Gasteiger charge is 2.44. The number of para-hydroxylation sites is 1. The maximum absolute atomic E-state index is 14.3. The molecule has 1 fully saturated rings. The van der Waals surface area contributed by atoms with Crippen LogP contribution < -0.4 is 20.1 Å². The molecule has 0 radical (unpaired) electrons. The lowest BCUT2D eigenvalue weighted by atomic mass is 10.1. The number of halogens is 6. The van der Waals surface area contributed by atoms with Crippen molar-refractivity contribution in [3.05, 3.63) is 47.8 Å². The van der Waals surface area contributed by atoms with Crippen LogP contribution in [-0.2, 0) is 6.54 Å². The predicted octanol–water partition coefficient (Wildman–Crippen LogP) is 5.16. The second-order valence-corrected chi connectivity index (χ2v) is 8.31. The van der Waals surface area contributed by atoms with Crippen LogP contribution in [0, 0.1) is 0 Å². The maximum Gasteiger partial charge on any atom is 0.573 e. The molecule has 0 aliphatic carbocycles. The molecule has 3 heterocycles. The van der Waals surface area contributed by atoms with Gasteiger partial charge in [0.1, 0.15) is 5.75 Å². The fourth-order valence-electron chi connectivity index (χ4n) is 3.71. The first-order valence-electron chi connectivity index (χ1n) is 10.7. The Bertz CT molecular complexity index is 1150. The first kappa shape index (κ1) is 26.7. The van der Waals surface area contributed by atoms with Gasteiger partial charge in [-0.2, -0.15) is 0 Å². The molecule has 0 saturated carbocycles. The Kier molecular flexibility index (Phi) is 7.95. The van der Waals surface area contributed by atoms with Crippen molar-refractivity contribution in [1.29, 1.82) is 0 Å². The van der Waals surface area contributed by atoms with E-state index in [1.165, 1.54) is 28.8 Å². The second kappa shape index (κ2) is 10.4. The smallest absolute Gasteiger partial charge is 0.467 e. The highest BCUT2D eigenvalue weighted by atomic mass is 35.5. The molecular weight excluding hydrogens is 497 g/mol. The van der Waals surface area contributed by atoms with Crippen molar-refractivity contribution < 1.29 is 31.4 Å². The third-order valence-electron chi connectivity index (χ3n) is 5.41. The Morgan fingerprint density at radius 1 is 1.26 bits per heavy atom. The van der Waals surface area contributed by atoms with Crippen LogP contribution in [0.15, 0.2) is 36.5 Å². The molecule has 0 bridgehead atoms. The SMILES string of the molecule is CC(C)c1cnc2c(NCc3ccccc3OC(F)(F)F)cc(OC3CCNCC3(F)F)nn12.Cl. The Labute approximate surface area is 204 Å². The van der Waals surface area contributed by atoms with E-state index < -0.39 is 24.9 Å². The number of hydrogen-bond donors (Lipinski definition) is 2. The van der Waals surface area contributed by atoms with Gasteiger partial charge >= 0.3 is 6.36 Å². The van der Waals surface area contributed by atoms with E-state index in [4.69, 9.17) is 4.74 Å². The van der Waals surface area contributed by atoms with Crippen LogP contribution in [0.1, 0.15) is 37.4 Å². The van der Waals surface area contributed by atoms with Crippen LogP contribution in [-0.4, -0.2) is 46.1 Å². The van der Waals surface area contributed by atoms with Gasteiger partial charge in [0.15, 0.2) is 11.8 Å². The van der Waals surface area contributed by atoms with E-state index in [0.717, 1.165) is 5.69 Å². The summed E-state index contributed by atoms with van der Waals surface area (Å²) in [5.41, 5.74) is 1.73. The quantitative estimate of drug-likeness (QED) is 0.418. The highest BCUT2D eigenvalue weighted by molar-refractivity contribution is 5.85. The minimum atomic E-state index is -4.84. The molecular formula is C22H25ClF5N5O2. The van der Waals surface area contributed by atoms with Gasteiger partial charge in [-0.05, 0) is 18.5 Å². The van der Waals surface area contributed by atoms with E-state index >= 15 is 0 Å². The van der Waals surface area contributed by atoms with Crippen LogP contribution in [0.3, 0.4) is 0 Å². The summed E-state index contributed by atoms with van der Waals surface area (Å²) in [4.78, 5) is 4.36. The van der Waals surface area contributed by atoms with Gasteiger partial charge in [-0.3, -0.25) is 0 Å². The molecule has 1 aromatic carbocycles. The number of rotatable bonds is 7. The lowest BCUT2D eigenvalue weighted by Crippen LogP contribution is -2.52. The van der Waals surface area contributed by atoms with E-state index in [2.05, 4.69) is 25.5 Å². The average Bonchev–Trinajstić information content (AvgIpc) is 3.18. The third-order valence-corrected chi connectivity index (χ3v) is 5.41. The monoisotopic (exact) mass is 521 g/mol. The van der Waals surface area contributed by atoms with Gasteiger partial charge in [-0.15, -0.1) is 30.7 Å². The molecule has 13 heteroatoms. The summed E-state index contributed by atoms with van der Waals surface area (Å²) in [5.74, 6) is -3.44. The van der Waals surface area contributed by atoms with Gasteiger partial charge in [-0.25, -0.2) is 18.3 Å². The zero-order chi connectivity index (χ0) is 24.5. The summed E-state index contributed by atoms with van der Waals surface area (Å²) < 4.78 is 78.1. The Balaban J connectivity index is 0.00000342. The van der Waals surface area contributed by atoms with E-state index in [1.54, 1.807) is 12.3 Å². The summed E-state index contributed by atoms with van der Waals surface area (Å²) in [7, 11) is 0. The van der Waals surface area contributed by atoms with Crippen molar-refractivity contribution >= 4 is 23.7 Å². The lowest BCUT2D eigenvalue weighted by Gasteiger charge is -2.31. The normalized spacial score (nSPS) is 17.8. The maximum atomic E-state index is 14.3. The van der Waals surface area contributed by atoms with Gasteiger partial charge in [0.25, 0.3) is 5.92 Å².